The lowest BCUT2D eigenvalue weighted by Crippen LogP contribution is -2.43. The van der Waals surface area contributed by atoms with Crippen molar-refractivity contribution in [2.75, 3.05) is 26.0 Å². The highest BCUT2D eigenvalue weighted by atomic mass is 32.2. The number of H-pyrrole nitrogens is 1. The van der Waals surface area contributed by atoms with E-state index in [0.29, 0.717) is 30.1 Å². The zero-order chi connectivity index (χ0) is 15.9. The zero-order valence-corrected chi connectivity index (χ0v) is 14.0. The van der Waals surface area contributed by atoms with Gasteiger partial charge in [-0.15, -0.1) is 5.10 Å². The van der Waals surface area contributed by atoms with Crippen LogP contribution >= 0.6 is 11.8 Å². The second kappa shape index (κ2) is 8.38. The maximum absolute atomic E-state index is 12.3. The van der Waals surface area contributed by atoms with Crippen LogP contribution < -0.4 is 5.69 Å². The zero-order valence-electron chi connectivity index (χ0n) is 13.2. The molecule has 0 aromatic carbocycles. The van der Waals surface area contributed by atoms with Crippen molar-refractivity contribution in [2.24, 2.45) is 0 Å². The fourth-order valence-corrected chi connectivity index (χ4v) is 3.51. The van der Waals surface area contributed by atoms with E-state index in [1.54, 1.807) is 11.7 Å². The van der Waals surface area contributed by atoms with Gasteiger partial charge in [0.25, 0.3) is 0 Å². The van der Waals surface area contributed by atoms with Gasteiger partial charge in [0.05, 0.1) is 5.75 Å². The summed E-state index contributed by atoms with van der Waals surface area (Å²) in [5.74, 6) is 0.440. The lowest BCUT2D eigenvalue weighted by molar-refractivity contribution is -0.131. The third-order valence-corrected chi connectivity index (χ3v) is 4.86. The number of likely N-dealkylation sites (tertiary alicyclic amines) is 1. The van der Waals surface area contributed by atoms with E-state index in [1.165, 1.54) is 18.2 Å². The van der Waals surface area contributed by atoms with E-state index in [0.717, 1.165) is 25.8 Å². The minimum Gasteiger partial charge on any atom is -0.385 e. The van der Waals surface area contributed by atoms with Crippen molar-refractivity contribution >= 4 is 17.7 Å². The number of ether oxygens (including phenoxy) is 1. The van der Waals surface area contributed by atoms with Crippen molar-refractivity contribution in [3.8, 4) is 0 Å². The Morgan fingerprint density at radius 1 is 1.50 bits per heavy atom. The molecule has 1 aromatic heterocycles. The Morgan fingerprint density at radius 3 is 3.05 bits per heavy atom. The highest BCUT2D eigenvalue weighted by molar-refractivity contribution is 7.99. The molecule has 124 valence electrons. The summed E-state index contributed by atoms with van der Waals surface area (Å²) in [6.45, 7) is 4.06. The van der Waals surface area contributed by atoms with Gasteiger partial charge < -0.3 is 9.64 Å². The standard InChI is InChI=1S/C14H24N4O3S/c1-11-6-3-4-7-17(11)12(19)10-22-14-16-15-13(20)18(14)8-5-9-21-2/h11H,3-10H2,1-2H3,(H,15,20). The predicted molar refractivity (Wildman–Crippen MR) is 85.1 cm³/mol. The Kier molecular flexibility index (Phi) is 6.50. The first kappa shape index (κ1) is 17.1. The molecule has 2 rings (SSSR count). The number of carbonyl (C=O) groups is 1. The maximum Gasteiger partial charge on any atom is 0.343 e. The second-order valence-corrected chi connectivity index (χ2v) is 6.47. The fourth-order valence-electron chi connectivity index (χ4n) is 2.66. The van der Waals surface area contributed by atoms with Gasteiger partial charge in [-0.05, 0) is 32.6 Å². The van der Waals surface area contributed by atoms with Gasteiger partial charge in [0.15, 0.2) is 5.16 Å². The molecule has 0 saturated carbocycles. The third kappa shape index (κ3) is 4.36. The number of hydrogen-bond acceptors (Lipinski definition) is 5. The van der Waals surface area contributed by atoms with E-state index in [1.807, 2.05) is 4.90 Å². The van der Waals surface area contributed by atoms with Gasteiger partial charge in [-0.25, -0.2) is 9.89 Å². The predicted octanol–water partition coefficient (Wildman–Crippen LogP) is 1.10. The molecule has 0 bridgehead atoms. The topological polar surface area (TPSA) is 80.2 Å². The molecule has 1 aliphatic heterocycles. The Balaban J connectivity index is 1.90. The van der Waals surface area contributed by atoms with Crippen molar-refractivity contribution in [3.05, 3.63) is 10.5 Å². The molecule has 1 amide bonds. The molecule has 1 unspecified atom stereocenters. The molecule has 0 aliphatic carbocycles. The van der Waals surface area contributed by atoms with Gasteiger partial charge in [-0.2, -0.15) is 0 Å². The van der Waals surface area contributed by atoms with E-state index in [9.17, 15) is 9.59 Å². The molecule has 1 aromatic rings. The number of amides is 1. The lowest BCUT2D eigenvalue weighted by atomic mass is 10.0. The highest BCUT2D eigenvalue weighted by Gasteiger charge is 2.23. The molecule has 1 saturated heterocycles. The van der Waals surface area contributed by atoms with Crippen molar-refractivity contribution in [1.82, 2.24) is 19.7 Å². The number of nitrogens with one attached hydrogen (secondary N) is 1. The fraction of sp³-hybridized carbons (Fsp3) is 0.786. The van der Waals surface area contributed by atoms with Gasteiger partial charge in [0, 0.05) is 32.8 Å². The summed E-state index contributed by atoms with van der Waals surface area (Å²) < 4.78 is 6.56. The first-order valence-electron chi connectivity index (χ1n) is 7.70. The summed E-state index contributed by atoms with van der Waals surface area (Å²) in [4.78, 5) is 26.0. The van der Waals surface area contributed by atoms with Crippen LogP contribution in [0.5, 0.6) is 0 Å². The van der Waals surface area contributed by atoms with Crippen molar-refractivity contribution in [1.29, 1.82) is 0 Å². The van der Waals surface area contributed by atoms with Crippen LogP contribution in [0, 0.1) is 0 Å². The number of nitrogens with zero attached hydrogens (tertiary/aromatic N) is 3. The average Bonchev–Trinajstić information content (AvgIpc) is 2.86. The van der Waals surface area contributed by atoms with Crippen LogP contribution in [0.3, 0.4) is 0 Å². The van der Waals surface area contributed by atoms with E-state index in [-0.39, 0.29) is 11.6 Å². The number of thioether (sulfide) groups is 1. The van der Waals surface area contributed by atoms with Crippen LogP contribution in [0.4, 0.5) is 0 Å². The largest absolute Gasteiger partial charge is 0.385 e. The summed E-state index contributed by atoms with van der Waals surface area (Å²) in [5, 5.41) is 7.02. The van der Waals surface area contributed by atoms with E-state index in [2.05, 4.69) is 17.1 Å². The van der Waals surface area contributed by atoms with Crippen molar-refractivity contribution < 1.29 is 9.53 Å². The molecule has 1 atom stereocenters. The number of methoxy groups -OCH3 is 1. The van der Waals surface area contributed by atoms with Crippen LogP contribution in [0.1, 0.15) is 32.6 Å². The number of piperidine rings is 1. The number of rotatable bonds is 7. The van der Waals surface area contributed by atoms with Crippen LogP contribution in [-0.4, -0.2) is 57.6 Å². The Morgan fingerprint density at radius 2 is 2.32 bits per heavy atom. The summed E-state index contributed by atoms with van der Waals surface area (Å²) in [7, 11) is 1.63. The Hall–Kier alpha value is -1.28. The highest BCUT2D eigenvalue weighted by Crippen LogP contribution is 2.20. The van der Waals surface area contributed by atoms with Gasteiger partial charge in [-0.3, -0.25) is 9.36 Å². The number of hydrogen-bond donors (Lipinski definition) is 1. The Labute approximate surface area is 134 Å². The molecule has 7 nitrogen and oxygen atoms in total. The minimum absolute atomic E-state index is 0.121. The van der Waals surface area contributed by atoms with Crippen molar-refractivity contribution in [3.63, 3.8) is 0 Å². The van der Waals surface area contributed by atoms with Crippen molar-refractivity contribution in [2.45, 2.75) is 50.4 Å². The quantitative estimate of drug-likeness (QED) is 0.599. The molecular formula is C14H24N4O3S. The minimum atomic E-state index is -0.239. The molecule has 22 heavy (non-hydrogen) atoms. The maximum atomic E-state index is 12.3. The molecular weight excluding hydrogens is 304 g/mol. The van der Waals surface area contributed by atoms with Gasteiger partial charge in [0.2, 0.25) is 5.91 Å². The average molecular weight is 328 g/mol. The third-order valence-electron chi connectivity index (χ3n) is 3.90. The van der Waals surface area contributed by atoms with E-state index in [4.69, 9.17) is 4.74 Å². The second-order valence-electron chi connectivity index (χ2n) is 5.53. The first-order chi connectivity index (χ1) is 10.6. The van der Waals surface area contributed by atoms with Crippen LogP contribution in [0.2, 0.25) is 0 Å². The summed E-state index contributed by atoms with van der Waals surface area (Å²) in [6.07, 6.45) is 4.07. The van der Waals surface area contributed by atoms with E-state index >= 15 is 0 Å². The van der Waals surface area contributed by atoms with Crippen LogP contribution in [-0.2, 0) is 16.1 Å². The van der Waals surface area contributed by atoms with E-state index < -0.39 is 0 Å². The number of aromatic amines is 1. The number of aromatic nitrogens is 3. The molecule has 1 aliphatic rings. The molecule has 2 heterocycles. The van der Waals surface area contributed by atoms with Crippen LogP contribution in [0.15, 0.2) is 9.95 Å². The summed E-state index contributed by atoms with van der Waals surface area (Å²) in [5.41, 5.74) is -0.239. The smallest absolute Gasteiger partial charge is 0.343 e. The molecule has 8 heteroatoms. The SMILES string of the molecule is COCCCn1c(SCC(=O)N2CCCCC2C)n[nH]c1=O. The summed E-state index contributed by atoms with van der Waals surface area (Å²) in [6, 6.07) is 0.310. The monoisotopic (exact) mass is 328 g/mol. The number of carbonyl (C=O) groups excluding carboxylic acids is 1. The van der Waals surface area contributed by atoms with Gasteiger partial charge >= 0.3 is 5.69 Å². The molecule has 0 radical (unpaired) electrons. The molecule has 0 spiro atoms. The Bertz CT molecular complexity index is 542. The first-order valence-corrected chi connectivity index (χ1v) is 8.68. The lowest BCUT2D eigenvalue weighted by Gasteiger charge is -2.33. The normalized spacial score (nSPS) is 18.6. The van der Waals surface area contributed by atoms with Gasteiger partial charge in [-0.1, -0.05) is 11.8 Å². The molecule has 1 fully saturated rings. The summed E-state index contributed by atoms with van der Waals surface area (Å²) >= 11 is 1.32. The van der Waals surface area contributed by atoms with Crippen LogP contribution in [0.25, 0.3) is 0 Å². The molecule has 1 N–H and O–H groups in total. The van der Waals surface area contributed by atoms with Gasteiger partial charge in [0.1, 0.15) is 0 Å².